The predicted octanol–water partition coefficient (Wildman–Crippen LogP) is 1.29. The second kappa shape index (κ2) is 4.88. The summed E-state index contributed by atoms with van der Waals surface area (Å²) in [5.74, 6) is 0. The van der Waals surface area contributed by atoms with Crippen molar-refractivity contribution in [3.8, 4) is 0 Å². The Kier molecular flexibility index (Phi) is 3.30. The third-order valence-electron chi connectivity index (χ3n) is 2.54. The van der Waals surface area contributed by atoms with Gasteiger partial charge < -0.3 is 20.3 Å². The minimum atomic E-state index is -0.310. The normalized spacial score (nSPS) is 10.5. The fourth-order valence-corrected chi connectivity index (χ4v) is 1.78. The van der Waals surface area contributed by atoms with E-state index in [1.807, 2.05) is 42.1 Å². The molecular weight excluding hydrogens is 218 g/mol. The van der Waals surface area contributed by atoms with Crippen molar-refractivity contribution >= 4 is 22.6 Å². The van der Waals surface area contributed by atoms with Crippen LogP contribution in [0.1, 0.15) is 0 Å². The van der Waals surface area contributed by atoms with Crippen molar-refractivity contribution in [2.24, 2.45) is 7.05 Å². The van der Waals surface area contributed by atoms with Gasteiger partial charge in [-0.3, -0.25) is 0 Å². The van der Waals surface area contributed by atoms with Crippen molar-refractivity contribution in [2.75, 3.05) is 18.5 Å². The minimum Gasteiger partial charge on any atom is -0.395 e. The molecule has 0 aliphatic rings. The van der Waals surface area contributed by atoms with Gasteiger partial charge in [-0.05, 0) is 6.07 Å². The summed E-state index contributed by atoms with van der Waals surface area (Å²) >= 11 is 0. The lowest BCUT2D eigenvalue weighted by Crippen LogP contribution is -2.30. The topological polar surface area (TPSA) is 66.3 Å². The van der Waals surface area contributed by atoms with E-state index in [2.05, 4.69) is 10.6 Å². The van der Waals surface area contributed by atoms with Crippen LogP contribution in [-0.2, 0) is 7.05 Å². The van der Waals surface area contributed by atoms with Crippen molar-refractivity contribution < 1.29 is 9.90 Å². The van der Waals surface area contributed by atoms with Gasteiger partial charge in [-0.1, -0.05) is 18.2 Å². The first-order valence-electron chi connectivity index (χ1n) is 5.42. The molecule has 2 rings (SSSR count). The van der Waals surface area contributed by atoms with E-state index in [-0.39, 0.29) is 19.2 Å². The zero-order valence-electron chi connectivity index (χ0n) is 9.60. The summed E-state index contributed by atoms with van der Waals surface area (Å²) in [5.41, 5.74) is 1.82. The first-order chi connectivity index (χ1) is 8.22. The lowest BCUT2D eigenvalue weighted by molar-refractivity contribution is 0.245. The van der Waals surface area contributed by atoms with Crippen LogP contribution in [0.4, 0.5) is 10.5 Å². The van der Waals surface area contributed by atoms with E-state index in [0.29, 0.717) is 0 Å². The van der Waals surface area contributed by atoms with Crippen LogP contribution in [0.15, 0.2) is 30.5 Å². The molecule has 2 aromatic rings. The SMILES string of the molecule is Cn1cc(NC(=O)NCCO)c2ccccc21. The van der Waals surface area contributed by atoms with Crippen LogP contribution in [0.2, 0.25) is 0 Å². The third-order valence-corrected chi connectivity index (χ3v) is 2.54. The highest BCUT2D eigenvalue weighted by atomic mass is 16.3. The number of carbonyl (C=O) groups excluding carboxylic acids is 1. The molecule has 0 unspecified atom stereocenters. The standard InChI is InChI=1S/C12H15N3O2/c1-15-8-10(14-12(17)13-6-7-16)9-4-2-3-5-11(9)15/h2-5,8,16H,6-7H2,1H3,(H2,13,14,17). The highest BCUT2D eigenvalue weighted by Crippen LogP contribution is 2.24. The molecular formula is C12H15N3O2. The van der Waals surface area contributed by atoms with E-state index in [1.165, 1.54) is 0 Å². The second-order valence-corrected chi connectivity index (χ2v) is 3.78. The maximum absolute atomic E-state index is 11.5. The summed E-state index contributed by atoms with van der Waals surface area (Å²) in [6, 6.07) is 7.52. The van der Waals surface area contributed by atoms with E-state index in [0.717, 1.165) is 16.6 Å². The zero-order chi connectivity index (χ0) is 12.3. The molecule has 0 bridgehead atoms. The number of nitrogens with zero attached hydrogens (tertiary/aromatic N) is 1. The van der Waals surface area contributed by atoms with Crippen LogP contribution in [0.5, 0.6) is 0 Å². The molecule has 5 nitrogen and oxygen atoms in total. The summed E-state index contributed by atoms with van der Waals surface area (Å²) in [6.45, 7) is 0.180. The van der Waals surface area contributed by atoms with E-state index in [4.69, 9.17) is 5.11 Å². The number of urea groups is 1. The van der Waals surface area contributed by atoms with Gasteiger partial charge in [0.25, 0.3) is 0 Å². The molecule has 0 aliphatic carbocycles. The van der Waals surface area contributed by atoms with Gasteiger partial charge in [0.05, 0.1) is 12.3 Å². The Morgan fingerprint density at radius 3 is 2.94 bits per heavy atom. The molecule has 17 heavy (non-hydrogen) atoms. The van der Waals surface area contributed by atoms with Crippen molar-refractivity contribution in [1.29, 1.82) is 0 Å². The molecule has 0 atom stereocenters. The molecule has 5 heteroatoms. The fraction of sp³-hybridized carbons (Fsp3) is 0.250. The highest BCUT2D eigenvalue weighted by molar-refractivity contribution is 6.01. The minimum absolute atomic E-state index is 0.0665. The number of anilines is 1. The first kappa shape index (κ1) is 11.5. The lowest BCUT2D eigenvalue weighted by Gasteiger charge is -2.04. The quantitative estimate of drug-likeness (QED) is 0.748. The van der Waals surface area contributed by atoms with Gasteiger partial charge in [0.15, 0.2) is 0 Å². The number of aromatic nitrogens is 1. The second-order valence-electron chi connectivity index (χ2n) is 3.78. The number of aryl methyl sites for hydroxylation is 1. The summed E-state index contributed by atoms with van der Waals surface area (Å²) in [5, 5.41) is 14.9. The van der Waals surface area contributed by atoms with Crippen molar-refractivity contribution in [1.82, 2.24) is 9.88 Å². The number of fused-ring (bicyclic) bond motifs is 1. The number of aliphatic hydroxyl groups is 1. The average molecular weight is 233 g/mol. The van der Waals surface area contributed by atoms with Crippen LogP contribution in [0.25, 0.3) is 10.9 Å². The average Bonchev–Trinajstić information content (AvgIpc) is 2.65. The van der Waals surface area contributed by atoms with Gasteiger partial charge in [-0.2, -0.15) is 0 Å². The number of hydrogen-bond donors (Lipinski definition) is 3. The molecule has 3 N–H and O–H groups in total. The van der Waals surface area contributed by atoms with Gasteiger partial charge >= 0.3 is 6.03 Å². The van der Waals surface area contributed by atoms with E-state index >= 15 is 0 Å². The number of rotatable bonds is 3. The largest absolute Gasteiger partial charge is 0.395 e. The van der Waals surface area contributed by atoms with Gasteiger partial charge in [-0.25, -0.2) is 4.79 Å². The predicted molar refractivity (Wildman–Crippen MR) is 67.0 cm³/mol. The number of hydrogen-bond acceptors (Lipinski definition) is 2. The maximum Gasteiger partial charge on any atom is 0.319 e. The summed E-state index contributed by atoms with van der Waals surface area (Å²) in [7, 11) is 1.93. The van der Waals surface area contributed by atoms with Crippen molar-refractivity contribution in [3.63, 3.8) is 0 Å². The molecule has 0 spiro atoms. The fourth-order valence-electron chi connectivity index (χ4n) is 1.78. The Balaban J connectivity index is 2.21. The summed E-state index contributed by atoms with van der Waals surface area (Å²) < 4.78 is 1.96. The molecule has 1 heterocycles. The van der Waals surface area contributed by atoms with E-state index in [9.17, 15) is 4.79 Å². The Labute approximate surface area is 99.0 Å². The third kappa shape index (κ3) is 2.39. The zero-order valence-corrected chi connectivity index (χ0v) is 9.60. The van der Waals surface area contributed by atoms with Crippen LogP contribution >= 0.6 is 0 Å². The smallest absolute Gasteiger partial charge is 0.319 e. The molecule has 1 aromatic carbocycles. The van der Waals surface area contributed by atoms with Crippen LogP contribution in [-0.4, -0.2) is 28.9 Å². The number of nitrogens with one attached hydrogen (secondary N) is 2. The number of aliphatic hydroxyl groups excluding tert-OH is 1. The molecule has 2 amide bonds. The maximum atomic E-state index is 11.5. The molecule has 0 radical (unpaired) electrons. The van der Waals surface area contributed by atoms with Gasteiger partial charge in [-0.15, -0.1) is 0 Å². The first-order valence-corrected chi connectivity index (χ1v) is 5.42. The Hall–Kier alpha value is -2.01. The monoisotopic (exact) mass is 233 g/mol. The molecule has 0 saturated carbocycles. The Bertz CT molecular complexity index is 534. The summed E-state index contributed by atoms with van der Waals surface area (Å²) in [4.78, 5) is 11.5. The molecule has 0 saturated heterocycles. The van der Waals surface area contributed by atoms with E-state index < -0.39 is 0 Å². The number of carbonyl (C=O) groups is 1. The molecule has 0 fully saturated rings. The van der Waals surface area contributed by atoms with Crippen molar-refractivity contribution in [3.05, 3.63) is 30.5 Å². The molecule has 90 valence electrons. The molecule has 0 aliphatic heterocycles. The summed E-state index contributed by atoms with van der Waals surface area (Å²) in [6.07, 6.45) is 1.86. The van der Waals surface area contributed by atoms with Crippen molar-refractivity contribution in [2.45, 2.75) is 0 Å². The lowest BCUT2D eigenvalue weighted by atomic mass is 10.2. The Morgan fingerprint density at radius 1 is 1.41 bits per heavy atom. The number of benzene rings is 1. The van der Waals surface area contributed by atoms with Crippen LogP contribution < -0.4 is 10.6 Å². The highest BCUT2D eigenvalue weighted by Gasteiger charge is 2.08. The van der Waals surface area contributed by atoms with Crippen LogP contribution in [0, 0.1) is 0 Å². The van der Waals surface area contributed by atoms with E-state index in [1.54, 1.807) is 0 Å². The number of para-hydroxylation sites is 1. The van der Waals surface area contributed by atoms with Gasteiger partial charge in [0.2, 0.25) is 0 Å². The van der Waals surface area contributed by atoms with Crippen LogP contribution in [0.3, 0.4) is 0 Å². The van der Waals surface area contributed by atoms with Gasteiger partial charge in [0.1, 0.15) is 0 Å². The number of amides is 2. The Morgan fingerprint density at radius 2 is 2.18 bits per heavy atom. The molecule has 1 aromatic heterocycles. The van der Waals surface area contributed by atoms with Gasteiger partial charge in [0, 0.05) is 30.7 Å².